The summed E-state index contributed by atoms with van der Waals surface area (Å²) in [5.41, 5.74) is 0.530. The number of ketones is 1. The molecule has 1 aromatic heterocycles. The monoisotopic (exact) mass is 177 g/mol. The molecule has 2 rings (SSSR count). The van der Waals surface area contributed by atoms with Crippen molar-refractivity contribution in [3.8, 4) is 0 Å². The lowest BCUT2D eigenvalue weighted by Gasteiger charge is -1.98. The number of halogens is 1. The summed E-state index contributed by atoms with van der Waals surface area (Å²) in [4.78, 5) is 13.7. The molecule has 1 N–H and O–H groups in total. The van der Waals surface area contributed by atoms with Crippen LogP contribution in [-0.2, 0) is 0 Å². The molecule has 0 saturated heterocycles. The maximum absolute atomic E-state index is 13.5. The number of nitrogens with one attached hydrogen (secondary N) is 1. The van der Waals surface area contributed by atoms with E-state index in [4.69, 9.17) is 0 Å². The molecule has 0 saturated carbocycles. The Labute approximate surface area is 74.4 Å². The summed E-state index contributed by atoms with van der Waals surface area (Å²) in [6.07, 6.45) is 1.65. The molecule has 0 atom stereocenters. The second-order valence-electron chi connectivity index (χ2n) is 2.93. The fraction of sp³-hybridized carbons (Fsp3) is 0.100. The Hall–Kier alpha value is -1.64. The Morgan fingerprint density at radius 2 is 2.15 bits per heavy atom. The van der Waals surface area contributed by atoms with Gasteiger partial charge in [-0.2, -0.15) is 0 Å². The minimum absolute atomic E-state index is 0.134. The molecule has 1 aromatic carbocycles. The Morgan fingerprint density at radius 1 is 1.38 bits per heavy atom. The molecule has 13 heavy (non-hydrogen) atoms. The van der Waals surface area contributed by atoms with E-state index in [0.717, 1.165) is 5.39 Å². The molecule has 1 heterocycles. The van der Waals surface area contributed by atoms with E-state index in [1.165, 1.54) is 13.0 Å². The highest BCUT2D eigenvalue weighted by Gasteiger charge is 2.10. The lowest BCUT2D eigenvalue weighted by Crippen LogP contribution is -1.96. The third-order valence-corrected chi connectivity index (χ3v) is 2.04. The Balaban J connectivity index is 2.80. The molecule has 0 aliphatic heterocycles. The van der Waals surface area contributed by atoms with Crippen LogP contribution in [0.25, 0.3) is 10.9 Å². The first-order chi connectivity index (χ1) is 6.20. The summed E-state index contributed by atoms with van der Waals surface area (Å²) in [5, 5.41) is 0.780. The van der Waals surface area contributed by atoms with Crippen LogP contribution in [0, 0.1) is 5.82 Å². The molecular formula is C10H8FNO. The standard InChI is InChI=1S/C10H8FNO/c1-6(13)8-3-2-7-4-5-12-10(7)9(8)11/h2-5,12H,1H3. The van der Waals surface area contributed by atoms with Gasteiger partial charge in [-0.05, 0) is 19.1 Å². The van der Waals surface area contributed by atoms with Crippen LogP contribution in [0.3, 0.4) is 0 Å². The van der Waals surface area contributed by atoms with Gasteiger partial charge in [0.25, 0.3) is 0 Å². The number of rotatable bonds is 1. The van der Waals surface area contributed by atoms with Crippen molar-refractivity contribution in [2.75, 3.05) is 0 Å². The molecule has 0 amide bonds. The largest absolute Gasteiger partial charge is 0.359 e. The summed E-state index contributed by atoms with van der Waals surface area (Å²) in [7, 11) is 0. The molecule has 0 radical (unpaired) electrons. The number of Topliss-reactive ketones (excluding diaryl/α,β-unsaturated/α-hetero) is 1. The second kappa shape index (κ2) is 2.69. The first kappa shape index (κ1) is 7.98. The van der Waals surface area contributed by atoms with E-state index in [2.05, 4.69) is 4.98 Å². The highest BCUT2D eigenvalue weighted by Crippen LogP contribution is 2.19. The summed E-state index contributed by atoms with van der Waals surface area (Å²) in [5.74, 6) is -0.719. The number of aromatic nitrogens is 1. The number of fused-ring (bicyclic) bond motifs is 1. The van der Waals surface area contributed by atoms with Crippen molar-refractivity contribution < 1.29 is 9.18 Å². The van der Waals surface area contributed by atoms with Crippen molar-refractivity contribution >= 4 is 16.7 Å². The predicted molar refractivity (Wildman–Crippen MR) is 48.3 cm³/mol. The molecule has 0 aliphatic carbocycles. The van der Waals surface area contributed by atoms with Gasteiger partial charge in [-0.25, -0.2) is 4.39 Å². The normalized spacial score (nSPS) is 10.6. The molecule has 3 heteroatoms. The fourth-order valence-corrected chi connectivity index (χ4v) is 1.36. The Morgan fingerprint density at radius 3 is 2.85 bits per heavy atom. The summed E-state index contributed by atoms with van der Waals surface area (Å²) in [6, 6.07) is 5.00. The fourth-order valence-electron chi connectivity index (χ4n) is 1.36. The highest BCUT2D eigenvalue weighted by molar-refractivity contribution is 5.98. The lowest BCUT2D eigenvalue weighted by atomic mass is 10.1. The van der Waals surface area contributed by atoms with Gasteiger partial charge in [-0.3, -0.25) is 4.79 Å². The minimum Gasteiger partial charge on any atom is -0.359 e. The maximum Gasteiger partial charge on any atom is 0.162 e. The van der Waals surface area contributed by atoms with Crippen molar-refractivity contribution in [2.24, 2.45) is 0 Å². The zero-order chi connectivity index (χ0) is 9.42. The number of hydrogen-bond acceptors (Lipinski definition) is 1. The van der Waals surface area contributed by atoms with Crippen molar-refractivity contribution in [1.29, 1.82) is 0 Å². The number of H-pyrrole nitrogens is 1. The van der Waals surface area contributed by atoms with Crippen LogP contribution in [0.4, 0.5) is 4.39 Å². The van der Waals surface area contributed by atoms with Gasteiger partial charge in [-0.15, -0.1) is 0 Å². The summed E-state index contributed by atoms with van der Waals surface area (Å²) < 4.78 is 13.5. The number of carbonyl (C=O) groups excluding carboxylic acids is 1. The van der Waals surface area contributed by atoms with E-state index in [-0.39, 0.29) is 11.3 Å². The van der Waals surface area contributed by atoms with Crippen LogP contribution in [0.1, 0.15) is 17.3 Å². The molecule has 0 bridgehead atoms. The SMILES string of the molecule is CC(=O)c1ccc2cc[nH]c2c1F. The molecule has 0 aliphatic rings. The van der Waals surface area contributed by atoms with Crippen LogP contribution in [0.2, 0.25) is 0 Å². The average Bonchev–Trinajstić information content (AvgIpc) is 2.52. The van der Waals surface area contributed by atoms with E-state index in [1.54, 1.807) is 18.3 Å². The maximum atomic E-state index is 13.5. The smallest absolute Gasteiger partial charge is 0.162 e. The average molecular weight is 177 g/mol. The molecular weight excluding hydrogens is 169 g/mol. The molecule has 0 spiro atoms. The molecule has 0 fully saturated rings. The van der Waals surface area contributed by atoms with Crippen molar-refractivity contribution in [3.05, 3.63) is 35.8 Å². The molecule has 2 nitrogen and oxygen atoms in total. The second-order valence-corrected chi connectivity index (χ2v) is 2.93. The lowest BCUT2D eigenvalue weighted by molar-refractivity contribution is 0.101. The Bertz CT molecular complexity index is 473. The van der Waals surface area contributed by atoms with E-state index in [9.17, 15) is 9.18 Å². The van der Waals surface area contributed by atoms with Crippen molar-refractivity contribution in [3.63, 3.8) is 0 Å². The van der Waals surface area contributed by atoms with Gasteiger partial charge in [0.2, 0.25) is 0 Å². The zero-order valence-electron chi connectivity index (χ0n) is 7.10. The third kappa shape index (κ3) is 1.13. The van der Waals surface area contributed by atoms with Gasteiger partial charge in [0.1, 0.15) is 0 Å². The van der Waals surface area contributed by atoms with Gasteiger partial charge in [0.15, 0.2) is 11.6 Å². The predicted octanol–water partition coefficient (Wildman–Crippen LogP) is 2.51. The highest BCUT2D eigenvalue weighted by atomic mass is 19.1. The van der Waals surface area contributed by atoms with Crippen LogP contribution >= 0.6 is 0 Å². The molecule has 2 aromatic rings. The quantitative estimate of drug-likeness (QED) is 0.667. The van der Waals surface area contributed by atoms with E-state index in [0.29, 0.717) is 5.52 Å². The number of benzene rings is 1. The number of aromatic amines is 1. The number of hydrogen-bond donors (Lipinski definition) is 1. The summed E-state index contributed by atoms with van der Waals surface area (Å²) in [6.45, 7) is 1.35. The molecule has 0 unspecified atom stereocenters. The zero-order valence-corrected chi connectivity index (χ0v) is 7.10. The van der Waals surface area contributed by atoms with Crippen LogP contribution in [0.5, 0.6) is 0 Å². The summed E-state index contributed by atoms with van der Waals surface area (Å²) >= 11 is 0. The van der Waals surface area contributed by atoms with E-state index >= 15 is 0 Å². The van der Waals surface area contributed by atoms with Gasteiger partial charge in [0.05, 0.1) is 11.1 Å². The first-order valence-electron chi connectivity index (χ1n) is 3.96. The minimum atomic E-state index is -0.463. The van der Waals surface area contributed by atoms with E-state index in [1.807, 2.05) is 0 Å². The van der Waals surface area contributed by atoms with Crippen LogP contribution < -0.4 is 0 Å². The van der Waals surface area contributed by atoms with Gasteiger partial charge >= 0.3 is 0 Å². The third-order valence-electron chi connectivity index (χ3n) is 2.04. The van der Waals surface area contributed by atoms with Crippen LogP contribution in [-0.4, -0.2) is 10.8 Å². The Kier molecular flexibility index (Phi) is 1.65. The van der Waals surface area contributed by atoms with E-state index < -0.39 is 5.82 Å². The number of carbonyl (C=O) groups is 1. The van der Waals surface area contributed by atoms with Gasteiger partial charge in [0, 0.05) is 11.6 Å². The van der Waals surface area contributed by atoms with Crippen LogP contribution in [0.15, 0.2) is 24.4 Å². The van der Waals surface area contributed by atoms with Gasteiger partial charge < -0.3 is 4.98 Å². The first-order valence-corrected chi connectivity index (χ1v) is 3.96. The molecule has 66 valence electrons. The van der Waals surface area contributed by atoms with Crippen molar-refractivity contribution in [2.45, 2.75) is 6.92 Å². The topological polar surface area (TPSA) is 32.9 Å². The van der Waals surface area contributed by atoms with Crippen molar-refractivity contribution in [1.82, 2.24) is 4.98 Å². The van der Waals surface area contributed by atoms with Gasteiger partial charge in [-0.1, -0.05) is 6.07 Å².